The fourth-order valence-corrected chi connectivity index (χ4v) is 0.917. The van der Waals surface area contributed by atoms with Crippen molar-refractivity contribution in [3.05, 3.63) is 0 Å². The Balaban J connectivity index is 3.32. The first-order valence-corrected chi connectivity index (χ1v) is 3.62. The van der Waals surface area contributed by atoms with Gasteiger partial charge in [0.1, 0.15) is 5.78 Å². The van der Waals surface area contributed by atoms with Crippen LogP contribution in [0.2, 0.25) is 0 Å². The molecule has 48 valence electrons. The molecule has 3 heteroatoms. The van der Waals surface area contributed by atoms with Gasteiger partial charge in [0.05, 0.1) is 5.25 Å². The summed E-state index contributed by atoms with van der Waals surface area (Å²) >= 11 is 7.96. The second kappa shape index (κ2) is 4.27. The third kappa shape index (κ3) is 3.38. The number of hydrogen-bond acceptors (Lipinski definition) is 3. The number of Topliss-reactive ketones (excluding diaryl/α,β-unsaturated/α-hetero) is 1. The average molecular weight is 150 g/mol. The Bertz CT molecular complexity index is 82.5. The van der Waals surface area contributed by atoms with Gasteiger partial charge >= 0.3 is 0 Å². The highest BCUT2D eigenvalue weighted by Gasteiger charge is 2.05. The van der Waals surface area contributed by atoms with Crippen LogP contribution in [0.4, 0.5) is 0 Å². The first-order valence-electron chi connectivity index (χ1n) is 2.48. The Kier molecular flexibility index (Phi) is 4.47. The van der Waals surface area contributed by atoms with Crippen LogP contribution in [0.3, 0.4) is 0 Å². The largest absolute Gasteiger partial charge is 0.299 e. The lowest BCUT2D eigenvalue weighted by Gasteiger charge is -2.00. The maximum atomic E-state index is 10.4. The molecule has 0 saturated carbocycles. The first-order chi connectivity index (χ1) is 3.68. The van der Waals surface area contributed by atoms with Crippen LogP contribution < -0.4 is 0 Å². The second-order valence-electron chi connectivity index (χ2n) is 1.64. The predicted octanol–water partition coefficient (Wildman–Crippen LogP) is 1.19. The molecule has 0 spiro atoms. The molecule has 0 amide bonds. The van der Waals surface area contributed by atoms with Crippen molar-refractivity contribution < 1.29 is 4.79 Å². The Morgan fingerprint density at radius 2 is 2.25 bits per heavy atom. The van der Waals surface area contributed by atoms with Crippen molar-refractivity contribution in [2.75, 3.05) is 5.75 Å². The van der Waals surface area contributed by atoms with Gasteiger partial charge in [0, 0.05) is 0 Å². The van der Waals surface area contributed by atoms with E-state index in [0.29, 0.717) is 0 Å². The maximum Gasteiger partial charge on any atom is 0.142 e. The minimum Gasteiger partial charge on any atom is -0.299 e. The molecule has 1 atom stereocenters. The third-order valence-corrected chi connectivity index (χ3v) is 1.75. The molecule has 1 nitrogen and oxygen atoms in total. The van der Waals surface area contributed by atoms with Crippen LogP contribution in [-0.2, 0) is 4.79 Å². The molecule has 0 bridgehead atoms. The van der Waals surface area contributed by atoms with E-state index in [1.54, 1.807) is 6.92 Å². The fraction of sp³-hybridized carbons (Fsp3) is 0.800. The zero-order chi connectivity index (χ0) is 6.57. The monoisotopic (exact) mass is 150 g/mol. The summed E-state index contributed by atoms with van der Waals surface area (Å²) in [6.07, 6.45) is 0.765. The maximum absolute atomic E-state index is 10.4. The highest BCUT2D eigenvalue weighted by Crippen LogP contribution is 2.02. The summed E-state index contributed by atoms with van der Waals surface area (Å²) in [5, 5.41) is -0.104. The zero-order valence-electron chi connectivity index (χ0n) is 4.79. The van der Waals surface area contributed by atoms with Crippen molar-refractivity contribution in [1.82, 2.24) is 0 Å². The lowest BCUT2D eigenvalue weighted by Crippen LogP contribution is -2.10. The van der Waals surface area contributed by atoms with E-state index in [0.717, 1.165) is 12.2 Å². The molecule has 0 saturated heterocycles. The third-order valence-electron chi connectivity index (χ3n) is 0.872. The minimum absolute atomic E-state index is 0.104. The van der Waals surface area contributed by atoms with Gasteiger partial charge < -0.3 is 0 Å². The van der Waals surface area contributed by atoms with E-state index in [1.165, 1.54) is 0 Å². The van der Waals surface area contributed by atoms with E-state index in [1.807, 2.05) is 0 Å². The smallest absolute Gasteiger partial charge is 0.142 e. The van der Waals surface area contributed by atoms with Gasteiger partial charge in [-0.25, -0.2) is 0 Å². The number of hydrogen-bond donors (Lipinski definition) is 2. The minimum atomic E-state index is -0.104. The van der Waals surface area contributed by atoms with Gasteiger partial charge in [-0.2, -0.15) is 25.3 Å². The molecule has 0 aromatic rings. The molecule has 0 aromatic heterocycles. The summed E-state index contributed by atoms with van der Waals surface area (Å²) in [6, 6.07) is 0. The molecule has 0 aliphatic rings. The molecule has 0 aliphatic heterocycles. The van der Waals surface area contributed by atoms with E-state index in [-0.39, 0.29) is 11.0 Å². The average Bonchev–Trinajstić information content (AvgIpc) is 1.67. The van der Waals surface area contributed by atoms with Crippen molar-refractivity contribution in [3.63, 3.8) is 0 Å². The Hall–Kier alpha value is 0.370. The van der Waals surface area contributed by atoms with Crippen LogP contribution in [0.15, 0.2) is 0 Å². The van der Waals surface area contributed by atoms with E-state index >= 15 is 0 Å². The number of thiol groups is 2. The molecule has 0 N–H and O–H groups in total. The van der Waals surface area contributed by atoms with E-state index < -0.39 is 0 Å². The normalized spacial score (nSPS) is 13.4. The first kappa shape index (κ1) is 8.37. The molecular formula is C5H10OS2. The quantitative estimate of drug-likeness (QED) is 0.578. The van der Waals surface area contributed by atoms with Crippen molar-refractivity contribution in [1.29, 1.82) is 0 Å². The summed E-state index contributed by atoms with van der Waals surface area (Å²) in [5.41, 5.74) is 0. The van der Waals surface area contributed by atoms with Crippen LogP contribution in [0.25, 0.3) is 0 Å². The van der Waals surface area contributed by atoms with Crippen LogP contribution in [0.5, 0.6) is 0 Å². The lowest BCUT2D eigenvalue weighted by atomic mass is 10.2. The zero-order valence-corrected chi connectivity index (χ0v) is 6.58. The van der Waals surface area contributed by atoms with Gasteiger partial charge in [-0.15, -0.1) is 0 Å². The highest BCUT2D eigenvalue weighted by molar-refractivity contribution is 7.82. The molecule has 1 unspecified atom stereocenters. The standard InChI is InChI=1S/C5H10OS2/c1-4(6)5(8)2-3-7/h5,7-8H,2-3H2,1H3. The summed E-state index contributed by atoms with van der Waals surface area (Å²) in [4.78, 5) is 10.4. The number of ketones is 1. The van der Waals surface area contributed by atoms with Crippen molar-refractivity contribution in [3.8, 4) is 0 Å². The van der Waals surface area contributed by atoms with Gasteiger partial charge in [0.25, 0.3) is 0 Å². The van der Waals surface area contributed by atoms with Crippen LogP contribution in [0, 0.1) is 0 Å². The predicted molar refractivity (Wildman–Crippen MR) is 41.9 cm³/mol. The van der Waals surface area contributed by atoms with Gasteiger partial charge in [-0.1, -0.05) is 0 Å². The second-order valence-corrected chi connectivity index (χ2v) is 2.71. The molecule has 0 fully saturated rings. The lowest BCUT2D eigenvalue weighted by molar-refractivity contribution is -0.116. The van der Waals surface area contributed by atoms with Gasteiger partial charge in [0.15, 0.2) is 0 Å². The van der Waals surface area contributed by atoms with E-state index in [4.69, 9.17) is 0 Å². The van der Waals surface area contributed by atoms with E-state index in [2.05, 4.69) is 25.3 Å². The number of carbonyl (C=O) groups excluding carboxylic acids is 1. The summed E-state index contributed by atoms with van der Waals surface area (Å²) in [5.74, 6) is 0.857. The highest BCUT2D eigenvalue weighted by atomic mass is 32.1. The molecule has 8 heavy (non-hydrogen) atoms. The van der Waals surface area contributed by atoms with Gasteiger partial charge in [0.2, 0.25) is 0 Å². The van der Waals surface area contributed by atoms with Crippen molar-refractivity contribution in [2.24, 2.45) is 0 Å². The van der Waals surface area contributed by atoms with Crippen molar-refractivity contribution >= 4 is 31.0 Å². The molecule has 0 aliphatic carbocycles. The Morgan fingerprint density at radius 3 is 2.38 bits per heavy atom. The van der Waals surface area contributed by atoms with Gasteiger partial charge in [-0.05, 0) is 19.1 Å². The van der Waals surface area contributed by atoms with E-state index in [9.17, 15) is 4.79 Å². The topological polar surface area (TPSA) is 17.1 Å². The molecule has 0 heterocycles. The molecular weight excluding hydrogens is 140 g/mol. The molecule has 0 aromatic carbocycles. The Labute approximate surface area is 60.7 Å². The summed E-state index contributed by atoms with van der Waals surface area (Å²) < 4.78 is 0. The fourth-order valence-electron chi connectivity index (χ4n) is 0.326. The molecule has 0 rings (SSSR count). The number of rotatable bonds is 3. The summed E-state index contributed by atoms with van der Waals surface area (Å²) in [7, 11) is 0. The SMILES string of the molecule is CC(=O)C(S)CCS. The van der Waals surface area contributed by atoms with Crippen LogP contribution in [0.1, 0.15) is 13.3 Å². The van der Waals surface area contributed by atoms with Gasteiger partial charge in [-0.3, -0.25) is 4.79 Å². The summed E-state index contributed by atoms with van der Waals surface area (Å²) in [6.45, 7) is 1.54. The van der Waals surface area contributed by atoms with Crippen LogP contribution >= 0.6 is 25.3 Å². The molecule has 0 radical (unpaired) electrons. The van der Waals surface area contributed by atoms with Crippen LogP contribution in [-0.4, -0.2) is 16.8 Å². The number of carbonyl (C=O) groups is 1. The van der Waals surface area contributed by atoms with Crippen molar-refractivity contribution in [2.45, 2.75) is 18.6 Å². The Morgan fingerprint density at radius 1 is 1.75 bits per heavy atom.